The standard InChI is InChI=1S/C15H21NO4/c1-11-4-7-14(19-11)15(2,17)10-16-8-12-5-6-13(20-12)9-18-3/h4-7,16-17H,8-10H2,1-3H3. The van der Waals surface area contributed by atoms with Crippen LogP contribution in [0.4, 0.5) is 0 Å². The van der Waals surface area contributed by atoms with Crippen LogP contribution in [-0.4, -0.2) is 18.8 Å². The molecule has 0 aromatic carbocycles. The molecule has 0 saturated carbocycles. The van der Waals surface area contributed by atoms with Crippen molar-refractivity contribution in [2.24, 2.45) is 0 Å². The van der Waals surface area contributed by atoms with Gasteiger partial charge >= 0.3 is 0 Å². The lowest BCUT2D eigenvalue weighted by molar-refractivity contribution is 0.0328. The average Bonchev–Trinajstić information content (AvgIpc) is 2.99. The smallest absolute Gasteiger partial charge is 0.136 e. The van der Waals surface area contributed by atoms with Crippen molar-refractivity contribution in [1.29, 1.82) is 0 Å². The molecule has 2 rings (SSSR count). The summed E-state index contributed by atoms with van der Waals surface area (Å²) in [5.41, 5.74) is -1.05. The zero-order valence-electron chi connectivity index (χ0n) is 12.1. The molecule has 0 aliphatic rings. The van der Waals surface area contributed by atoms with Crippen LogP contribution in [0.5, 0.6) is 0 Å². The third-order valence-corrected chi connectivity index (χ3v) is 3.04. The molecule has 110 valence electrons. The Morgan fingerprint density at radius 1 is 1.20 bits per heavy atom. The second kappa shape index (κ2) is 6.26. The van der Waals surface area contributed by atoms with E-state index in [0.717, 1.165) is 17.3 Å². The predicted octanol–water partition coefficient (Wildman–Crippen LogP) is 2.32. The molecular weight excluding hydrogens is 258 g/mol. The molecule has 0 saturated heterocycles. The maximum absolute atomic E-state index is 10.4. The maximum Gasteiger partial charge on any atom is 0.136 e. The molecule has 0 fully saturated rings. The number of methoxy groups -OCH3 is 1. The maximum atomic E-state index is 10.4. The fraction of sp³-hybridized carbons (Fsp3) is 0.467. The number of aliphatic hydroxyl groups is 1. The predicted molar refractivity (Wildman–Crippen MR) is 74.1 cm³/mol. The van der Waals surface area contributed by atoms with Crippen LogP contribution in [0.15, 0.2) is 33.1 Å². The average molecular weight is 279 g/mol. The Labute approximate surface area is 118 Å². The zero-order valence-corrected chi connectivity index (χ0v) is 12.1. The van der Waals surface area contributed by atoms with Crippen molar-refractivity contribution < 1.29 is 18.7 Å². The van der Waals surface area contributed by atoms with E-state index in [4.69, 9.17) is 13.6 Å². The molecule has 2 aromatic heterocycles. The van der Waals surface area contributed by atoms with Crippen molar-refractivity contribution in [3.8, 4) is 0 Å². The van der Waals surface area contributed by atoms with E-state index < -0.39 is 5.60 Å². The number of ether oxygens (including phenoxy) is 1. The molecule has 0 aliphatic heterocycles. The van der Waals surface area contributed by atoms with E-state index >= 15 is 0 Å². The van der Waals surface area contributed by atoms with Gasteiger partial charge in [-0.05, 0) is 38.1 Å². The number of hydrogen-bond donors (Lipinski definition) is 2. The molecule has 1 atom stereocenters. The third-order valence-electron chi connectivity index (χ3n) is 3.04. The minimum atomic E-state index is -1.05. The zero-order chi connectivity index (χ0) is 14.6. The Morgan fingerprint density at radius 2 is 1.95 bits per heavy atom. The Kier molecular flexibility index (Phi) is 4.65. The highest BCUT2D eigenvalue weighted by atomic mass is 16.5. The molecule has 0 radical (unpaired) electrons. The number of furan rings is 2. The summed E-state index contributed by atoms with van der Waals surface area (Å²) in [4.78, 5) is 0. The summed E-state index contributed by atoms with van der Waals surface area (Å²) in [6.45, 7) is 4.95. The van der Waals surface area contributed by atoms with Gasteiger partial charge in [-0.25, -0.2) is 0 Å². The highest BCUT2D eigenvalue weighted by Crippen LogP contribution is 2.22. The van der Waals surface area contributed by atoms with E-state index in [1.54, 1.807) is 20.1 Å². The summed E-state index contributed by atoms with van der Waals surface area (Å²) in [5.74, 6) is 2.94. The number of hydrogen-bond acceptors (Lipinski definition) is 5. The molecular formula is C15H21NO4. The number of aryl methyl sites for hydroxylation is 1. The first-order valence-corrected chi connectivity index (χ1v) is 6.58. The largest absolute Gasteiger partial charge is 0.463 e. The van der Waals surface area contributed by atoms with Crippen LogP contribution < -0.4 is 5.32 Å². The fourth-order valence-corrected chi connectivity index (χ4v) is 1.98. The van der Waals surface area contributed by atoms with Crippen LogP contribution in [0.1, 0.15) is 30.0 Å². The summed E-state index contributed by atoms with van der Waals surface area (Å²) in [6.07, 6.45) is 0. The Hall–Kier alpha value is -1.56. The van der Waals surface area contributed by atoms with Crippen LogP contribution >= 0.6 is 0 Å². The highest BCUT2D eigenvalue weighted by Gasteiger charge is 2.26. The molecule has 20 heavy (non-hydrogen) atoms. The van der Waals surface area contributed by atoms with Gasteiger partial charge < -0.3 is 24.0 Å². The first kappa shape index (κ1) is 14.8. The molecule has 2 heterocycles. The van der Waals surface area contributed by atoms with Crippen molar-refractivity contribution in [3.05, 3.63) is 47.3 Å². The topological polar surface area (TPSA) is 67.8 Å². The minimum Gasteiger partial charge on any atom is -0.463 e. The molecule has 0 amide bonds. The molecule has 0 aliphatic carbocycles. The first-order valence-electron chi connectivity index (χ1n) is 6.58. The minimum absolute atomic E-state index is 0.375. The van der Waals surface area contributed by atoms with Crippen molar-refractivity contribution in [2.75, 3.05) is 13.7 Å². The van der Waals surface area contributed by atoms with Crippen LogP contribution in [0, 0.1) is 6.92 Å². The Bertz CT molecular complexity index is 542. The van der Waals surface area contributed by atoms with Crippen molar-refractivity contribution in [3.63, 3.8) is 0 Å². The monoisotopic (exact) mass is 279 g/mol. The molecule has 0 spiro atoms. The quantitative estimate of drug-likeness (QED) is 0.814. The van der Waals surface area contributed by atoms with Crippen molar-refractivity contribution in [2.45, 2.75) is 32.6 Å². The van der Waals surface area contributed by atoms with Gasteiger partial charge in [0.2, 0.25) is 0 Å². The summed E-state index contributed by atoms with van der Waals surface area (Å²) < 4.78 is 16.0. The van der Waals surface area contributed by atoms with Gasteiger partial charge in [0.05, 0.1) is 6.54 Å². The van der Waals surface area contributed by atoms with Gasteiger partial charge in [-0.2, -0.15) is 0 Å². The van der Waals surface area contributed by atoms with Gasteiger partial charge in [0, 0.05) is 13.7 Å². The number of rotatable bonds is 7. The van der Waals surface area contributed by atoms with Gasteiger partial charge in [0.15, 0.2) is 0 Å². The lowest BCUT2D eigenvalue weighted by atomic mass is 10.0. The SMILES string of the molecule is COCc1ccc(CNCC(C)(O)c2ccc(C)o2)o1. The van der Waals surface area contributed by atoms with Crippen LogP contribution in [0.25, 0.3) is 0 Å². The van der Waals surface area contributed by atoms with Gasteiger partial charge in [-0.3, -0.25) is 0 Å². The van der Waals surface area contributed by atoms with Crippen LogP contribution in [-0.2, 0) is 23.5 Å². The lowest BCUT2D eigenvalue weighted by Crippen LogP contribution is -2.34. The summed E-state index contributed by atoms with van der Waals surface area (Å²) in [5, 5.41) is 13.5. The Morgan fingerprint density at radius 3 is 2.60 bits per heavy atom. The van der Waals surface area contributed by atoms with Gasteiger partial charge in [-0.15, -0.1) is 0 Å². The van der Waals surface area contributed by atoms with Crippen LogP contribution in [0.3, 0.4) is 0 Å². The molecule has 2 aromatic rings. The fourth-order valence-electron chi connectivity index (χ4n) is 1.98. The number of nitrogens with one attached hydrogen (secondary N) is 1. The second-order valence-electron chi connectivity index (χ2n) is 5.09. The summed E-state index contributed by atoms with van der Waals surface area (Å²) >= 11 is 0. The third kappa shape index (κ3) is 3.72. The molecule has 0 bridgehead atoms. The van der Waals surface area contributed by atoms with E-state index in [1.807, 2.05) is 25.1 Å². The van der Waals surface area contributed by atoms with Crippen LogP contribution in [0.2, 0.25) is 0 Å². The van der Waals surface area contributed by atoms with Gasteiger partial charge in [0.1, 0.15) is 35.2 Å². The highest BCUT2D eigenvalue weighted by molar-refractivity contribution is 5.13. The summed E-state index contributed by atoms with van der Waals surface area (Å²) in [7, 11) is 1.63. The van der Waals surface area contributed by atoms with Gasteiger partial charge in [-0.1, -0.05) is 0 Å². The molecule has 5 heteroatoms. The first-order chi connectivity index (χ1) is 9.51. The van der Waals surface area contributed by atoms with E-state index in [2.05, 4.69) is 5.32 Å². The second-order valence-corrected chi connectivity index (χ2v) is 5.09. The molecule has 5 nitrogen and oxygen atoms in total. The van der Waals surface area contributed by atoms with E-state index in [0.29, 0.717) is 25.5 Å². The van der Waals surface area contributed by atoms with E-state index in [9.17, 15) is 5.11 Å². The lowest BCUT2D eigenvalue weighted by Gasteiger charge is -2.21. The van der Waals surface area contributed by atoms with Crippen molar-refractivity contribution in [1.82, 2.24) is 5.32 Å². The molecule has 1 unspecified atom stereocenters. The van der Waals surface area contributed by atoms with E-state index in [1.165, 1.54) is 0 Å². The van der Waals surface area contributed by atoms with Crippen molar-refractivity contribution >= 4 is 0 Å². The van der Waals surface area contributed by atoms with Gasteiger partial charge in [0.25, 0.3) is 0 Å². The van der Waals surface area contributed by atoms with E-state index in [-0.39, 0.29) is 0 Å². The Balaban J connectivity index is 1.85. The summed E-state index contributed by atoms with van der Waals surface area (Å²) in [6, 6.07) is 7.41. The normalized spacial score (nSPS) is 14.4. The molecule has 2 N–H and O–H groups in total.